The molecule has 0 aliphatic rings. The Labute approximate surface area is 121 Å². The molecule has 100 valence electrons. The molecule has 0 aromatic carbocycles. The van der Waals surface area contributed by atoms with E-state index < -0.39 is 6.10 Å². The highest BCUT2D eigenvalue weighted by Crippen LogP contribution is 2.18. The Hall–Kier alpha value is -2.04. The number of nitrogens with zero attached hydrogens (tertiary/aromatic N) is 2. The molecule has 3 heterocycles. The molecule has 3 aromatic heterocycles. The highest BCUT2D eigenvalue weighted by molar-refractivity contribution is 7.07. The predicted molar refractivity (Wildman–Crippen MR) is 79.1 cm³/mol. The minimum Gasteiger partial charge on any atom is -0.382 e. The van der Waals surface area contributed by atoms with Crippen molar-refractivity contribution in [1.29, 1.82) is 0 Å². The molecule has 1 N–H and O–H groups in total. The summed E-state index contributed by atoms with van der Waals surface area (Å²) in [4.78, 5) is 4.38. The second-order valence-corrected chi connectivity index (χ2v) is 5.31. The van der Waals surface area contributed by atoms with E-state index in [0.29, 0.717) is 6.54 Å². The number of thiophene rings is 1. The Balaban J connectivity index is 1.91. The summed E-state index contributed by atoms with van der Waals surface area (Å²) >= 11 is 1.60. The topological polar surface area (TPSA) is 37.0 Å². The predicted octanol–water partition coefficient (Wildman–Crippen LogP) is 2.83. The zero-order chi connectivity index (χ0) is 13.8. The maximum Gasteiger partial charge on any atom is 0.231 e. The molecule has 4 heteroatoms. The van der Waals surface area contributed by atoms with E-state index in [-0.39, 0.29) is 0 Å². The molecule has 3 nitrogen and oxygen atoms in total. The summed E-state index contributed by atoms with van der Waals surface area (Å²) in [6, 6.07) is 13.8. The van der Waals surface area contributed by atoms with Crippen molar-refractivity contribution in [1.82, 2.24) is 4.98 Å². The molecule has 0 aliphatic carbocycles. The maximum absolute atomic E-state index is 10.3. The van der Waals surface area contributed by atoms with Gasteiger partial charge in [0.25, 0.3) is 0 Å². The van der Waals surface area contributed by atoms with Gasteiger partial charge < -0.3 is 5.11 Å². The smallest absolute Gasteiger partial charge is 0.231 e. The average molecular weight is 283 g/mol. The van der Waals surface area contributed by atoms with E-state index in [1.54, 1.807) is 17.5 Å². The average Bonchev–Trinajstić information content (AvgIpc) is 3.03. The van der Waals surface area contributed by atoms with Gasteiger partial charge in [-0.1, -0.05) is 6.07 Å². The third-order valence-electron chi connectivity index (χ3n) is 3.17. The lowest BCUT2D eigenvalue weighted by Crippen LogP contribution is -2.38. The Morgan fingerprint density at radius 1 is 1.15 bits per heavy atom. The molecule has 1 unspecified atom stereocenters. The van der Waals surface area contributed by atoms with E-state index in [1.165, 1.54) is 0 Å². The normalized spacial score (nSPS) is 12.2. The van der Waals surface area contributed by atoms with Crippen molar-refractivity contribution in [2.45, 2.75) is 12.6 Å². The third-order valence-corrected chi connectivity index (χ3v) is 3.87. The summed E-state index contributed by atoms with van der Waals surface area (Å²) < 4.78 is 2.03. The minimum atomic E-state index is -0.504. The molecule has 0 fully saturated rings. The zero-order valence-electron chi connectivity index (χ0n) is 10.9. The number of pyridine rings is 2. The van der Waals surface area contributed by atoms with Crippen molar-refractivity contribution < 1.29 is 9.67 Å². The molecular weight excluding hydrogens is 268 g/mol. The summed E-state index contributed by atoms with van der Waals surface area (Å²) in [7, 11) is 0. The quantitative estimate of drug-likeness (QED) is 0.748. The second kappa shape index (κ2) is 5.94. The first-order valence-electron chi connectivity index (χ1n) is 6.44. The van der Waals surface area contributed by atoms with Gasteiger partial charge in [0.05, 0.1) is 0 Å². The lowest BCUT2D eigenvalue weighted by Gasteiger charge is -2.08. The summed E-state index contributed by atoms with van der Waals surface area (Å²) in [6.45, 7) is 0.517. The fraction of sp³-hybridized carbons (Fsp3) is 0.125. The van der Waals surface area contributed by atoms with E-state index in [4.69, 9.17) is 0 Å². The van der Waals surface area contributed by atoms with Crippen LogP contribution in [0.5, 0.6) is 0 Å². The van der Waals surface area contributed by atoms with Gasteiger partial charge in [-0.2, -0.15) is 15.9 Å². The first-order valence-corrected chi connectivity index (χ1v) is 7.39. The van der Waals surface area contributed by atoms with Crippen LogP contribution in [0.15, 0.2) is 65.6 Å². The molecule has 0 saturated heterocycles. The van der Waals surface area contributed by atoms with Crippen LogP contribution in [-0.4, -0.2) is 10.1 Å². The number of aliphatic hydroxyl groups is 1. The first kappa shape index (κ1) is 13.0. The number of aliphatic hydroxyl groups excluding tert-OH is 1. The third kappa shape index (κ3) is 2.76. The van der Waals surface area contributed by atoms with Gasteiger partial charge in [0, 0.05) is 18.3 Å². The van der Waals surface area contributed by atoms with Crippen LogP contribution >= 0.6 is 11.3 Å². The van der Waals surface area contributed by atoms with Crippen LogP contribution in [-0.2, 0) is 6.54 Å². The van der Waals surface area contributed by atoms with Gasteiger partial charge in [-0.05, 0) is 40.6 Å². The maximum atomic E-state index is 10.3. The molecule has 0 radical (unpaired) electrons. The molecule has 3 rings (SSSR count). The number of hydrogen-bond acceptors (Lipinski definition) is 3. The fourth-order valence-electron chi connectivity index (χ4n) is 2.14. The molecule has 1 atom stereocenters. The summed E-state index contributed by atoms with van der Waals surface area (Å²) in [6.07, 6.45) is 3.25. The Bertz CT molecular complexity index is 668. The number of aromatic nitrogens is 2. The summed E-state index contributed by atoms with van der Waals surface area (Å²) in [5.74, 6) is 0. The zero-order valence-corrected chi connectivity index (χ0v) is 11.7. The molecule has 0 amide bonds. The molecule has 0 saturated carbocycles. The van der Waals surface area contributed by atoms with Gasteiger partial charge in [-0.3, -0.25) is 0 Å². The Kier molecular flexibility index (Phi) is 3.85. The SMILES string of the molecule is OC(C[n+]1ccccc1-c1ccccn1)c1ccsc1. The van der Waals surface area contributed by atoms with Crippen LogP contribution in [0.3, 0.4) is 0 Å². The van der Waals surface area contributed by atoms with Crippen LogP contribution in [0.1, 0.15) is 11.7 Å². The van der Waals surface area contributed by atoms with Gasteiger partial charge in [0.1, 0.15) is 11.8 Å². The van der Waals surface area contributed by atoms with E-state index >= 15 is 0 Å². The summed E-state index contributed by atoms with van der Waals surface area (Å²) in [5.41, 5.74) is 2.87. The molecule has 0 spiro atoms. The second-order valence-electron chi connectivity index (χ2n) is 4.53. The van der Waals surface area contributed by atoms with Crippen LogP contribution < -0.4 is 4.57 Å². The lowest BCUT2D eigenvalue weighted by molar-refractivity contribution is -0.694. The molecular formula is C16H15N2OS+. The highest BCUT2D eigenvalue weighted by atomic mass is 32.1. The number of hydrogen-bond donors (Lipinski definition) is 1. The van der Waals surface area contributed by atoms with Gasteiger partial charge in [0.15, 0.2) is 12.7 Å². The van der Waals surface area contributed by atoms with E-state index in [9.17, 15) is 5.11 Å². The van der Waals surface area contributed by atoms with Gasteiger partial charge in [-0.15, -0.1) is 0 Å². The summed E-state index contributed by atoms with van der Waals surface area (Å²) in [5, 5.41) is 14.3. The first-order chi connectivity index (χ1) is 9.84. The van der Waals surface area contributed by atoms with Crippen LogP contribution in [0, 0.1) is 0 Å². The Morgan fingerprint density at radius 2 is 2.05 bits per heavy atom. The monoisotopic (exact) mass is 283 g/mol. The van der Waals surface area contributed by atoms with Crippen LogP contribution in [0.4, 0.5) is 0 Å². The van der Waals surface area contributed by atoms with Crippen molar-refractivity contribution in [3.05, 3.63) is 71.2 Å². The van der Waals surface area contributed by atoms with E-state index in [2.05, 4.69) is 4.98 Å². The molecule has 3 aromatic rings. The molecule has 20 heavy (non-hydrogen) atoms. The van der Waals surface area contributed by atoms with Crippen molar-refractivity contribution in [3.63, 3.8) is 0 Å². The van der Waals surface area contributed by atoms with E-state index in [0.717, 1.165) is 17.0 Å². The van der Waals surface area contributed by atoms with E-state index in [1.807, 2.05) is 64.0 Å². The highest BCUT2D eigenvalue weighted by Gasteiger charge is 2.18. The Morgan fingerprint density at radius 3 is 2.80 bits per heavy atom. The standard InChI is InChI=1S/C16H15N2OS/c19-16(13-7-10-20-12-13)11-18-9-4-2-6-15(18)14-5-1-3-8-17-14/h1-10,12,16,19H,11H2/q+1. The largest absolute Gasteiger partial charge is 0.382 e. The minimum absolute atomic E-state index is 0.504. The van der Waals surface area contributed by atoms with Crippen LogP contribution in [0.25, 0.3) is 11.4 Å². The van der Waals surface area contributed by atoms with Crippen molar-refractivity contribution in [3.8, 4) is 11.4 Å². The fourth-order valence-corrected chi connectivity index (χ4v) is 2.85. The van der Waals surface area contributed by atoms with Gasteiger partial charge >= 0.3 is 0 Å². The van der Waals surface area contributed by atoms with Crippen LogP contribution in [0.2, 0.25) is 0 Å². The van der Waals surface area contributed by atoms with Crippen molar-refractivity contribution in [2.75, 3.05) is 0 Å². The molecule has 0 aliphatic heterocycles. The van der Waals surface area contributed by atoms with Gasteiger partial charge in [0.2, 0.25) is 5.69 Å². The number of rotatable bonds is 4. The van der Waals surface area contributed by atoms with Gasteiger partial charge in [-0.25, -0.2) is 4.98 Å². The van der Waals surface area contributed by atoms with Crippen molar-refractivity contribution in [2.24, 2.45) is 0 Å². The molecule has 0 bridgehead atoms. The lowest BCUT2D eigenvalue weighted by atomic mass is 10.1. The van der Waals surface area contributed by atoms with Crippen molar-refractivity contribution >= 4 is 11.3 Å².